The van der Waals surface area contributed by atoms with Crippen LogP contribution in [0.5, 0.6) is 0 Å². The van der Waals surface area contributed by atoms with Gasteiger partial charge in [0.15, 0.2) is 0 Å². The van der Waals surface area contributed by atoms with Gasteiger partial charge in [0.05, 0.1) is 14.7 Å². The predicted octanol–water partition coefficient (Wildman–Crippen LogP) is 5.88. The number of halogens is 1. The Morgan fingerprint density at radius 1 is 1.09 bits per heavy atom. The topological polar surface area (TPSA) is 17.8 Å². The molecule has 4 rings (SSSR count). The first kappa shape index (κ1) is 14.7. The molecule has 0 saturated heterocycles. The highest BCUT2D eigenvalue weighted by molar-refractivity contribution is 9.10. The number of hydrogen-bond acceptors (Lipinski definition) is 2. The molecule has 0 N–H and O–H groups in total. The van der Waals surface area contributed by atoms with E-state index in [0.717, 1.165) is 12.1 Å². The molecule has 23 heavy (non-hydrogen) atoms. The smallest absolute Gasteiger partial charge is 0.0740 e. The molecule has 0 amide bonds. The molecule has 4 heteroatoms. The van der Waals surface area contributed by atoms with E-state index in [0.29, 0.717) is 0 Å². The number of thiophene rings is 1. The molecule has 4 aromatic rings. The highest BCUT2D eigenvalue weighted by Crippen LogP contribution is 2.36. The fourth-order valence-corrected chi connectivity index (χ4v) is 4.59. The van der Waals surface area contributed by atoms with E-state index in [-0.39, 0.29) is 0 Å². The zero-order valence-corrected chi connectivity index (χ0v) is 15.1. The number of aryl methyl sites for hydroxylation is 1. The van der Waals surface area contributed by atoms with Gasteiger partial charge in [0.1, 0.15) is 0 Å². The molecule has 0 spiro atoms. The van der Waals surface area contributed by atoms with Crippen molar-refractivity contribution >= 4 is 37.5 Å². The standard InChI is InChI=1S/C19H15BrN2S/c1-13-18(20)19-17(23-13)8-10-22(19)12-14-4-6-15(7-5-14)16-3-2-9-21-11-16/h2-11H,12H2,1H3. The van der Waals surface area contributed by atoms with Crippen molar-refractivity contribution in [2.24, 2.45) is 0 Å². The molecule has 3 heterocycles. The average molecular weight is 383 g/mol. The van der Waals surface area contributed by atoms with Gasteiger partial charge in [-0.05, 0) is 51.7 Å². The second kappa shape index (κ2) is 5.95. The first-order valence-electron chi connectivity index (χ1n) is 7.45. The van der Waals surface area contributed by atoms with Crippen LogP contribution < -0.4 is 0 Å². The lowest BCUT2D eigenvalue weighted by molar-refractivity contribution is 0.836. The van der Waals surface area contributed by atoms with Crippen LogP contribution in [0, 0.1) is 6.92 Å². The minimum Gasteiger partial charge on any atom is -0.341 e. The first-order valence-corrected chi connectivity index (χ1v) is 9.06. The third-order valence-corrected chi connectivity index (χ3v) is 6.30. The van der Waals surface area contributed by atoms with Crippen LogP contribution >= 0.6 is 27.3 Å². The van der Waals surface area contributed by atoms with E-state index in [1.807, 2.05) is 23.6 Å². The van der Waals surface area contributed by atoms with Gasteiger partial charge in [-0.1, -0.05) is 30.3 Å². The summed E-state index contributed by atoms with van der Waals surface area (Å²) in [6, 6.07) is 15.0. The van der Waals surface area contributed by atoms with Gasteiger partial charge >= 0.3 is 0 Å². The van der Waals surface area contributed by atoms with Crippen molar-refractivity contribution in [1.82, 2.24) is 9.55 Å². The number of benzene rings is 1. The Kier molecular flexibility index (Phi) is 3.79. The summed E-state index contributed by atoms with van der Waals surface area (Å²) in [5.74, 6) is 0. The second-order valence-corrected chi connectivity index (χ2v) is 7.62. The molecule has 0 fully saturated rings. The zero-order chi connectivity index (χ0) is 15.8. The molecule has 0 bridgehead atoms. The number of rotatable bonds is 3. The van der Waals surface area contributed by atoms with E-state index in [4.69, 9.17) is 0 Å². The third-order valence-electron chi connectivity index (χ3n) is 4.01. The third kappa shape index (κ3) is 2.73. The maximum atomic E-state index is 4.18. The van der Waals surface area contributed by atoms with Crippen LogP contribution in [0.2, 0.25) is 0 Å². The van der Waals surface area contributed by atoms with E-state index in [1.54, 1.807) is 6.20 Å². The lowest BCUT2D eigenvalue weighted by Crippen LogP contribution is -1.97. The fraction of sp³-hybridized carbons (Fsp3) is 0.105. The summed E-state index contributed by atoms with van der Waals surface area (Å²) < 4.78 is 4.86. The molecule has 2 nitrogen and oxygen atoms in total. The quantitative estimate of drug-likeness (QED) is 0.432. The summed E-state index contributed by atoms with van der Waals surface area (Å²) in [5, 5.41) is 0. The van der Waals surface area contributed by atoms with Gasteiger partial charge in [0, 0.05) is 30.0 Å². The van der Waals surface area contributed by atoms with Crippen molar-refractivity contribution < 1.29 is 0 Å². The van der Waals surface area contributed by atoms with Crippen LogP contribution in [-0.2, 0) is 6.54 Å². The van der Waals surface area contributed by atoms with Gasteiger partial charge < -0.3 is 4.57 Å². The van der Waals surface area contributed by atoms with Crippen LogP contribution in [0.3, 0.4) is 0 Å². The Morgan fingerprint density at radius 3 is 2.65 bits per heavy atom. The molecule has 0 aliphatic rings. The van der Waals surface area contributed by atoms with Gasteiger partial charge in [-0.3, -0.25) is 4.98 Å². The summed E-state index contributed by atoms with van der Waals surface area (Å²) in [4.78, 5) is 5.51. The average Bonchev–Trinajstić information content (AvgIpc) is 3.10. The predicted molar refractivity (Wildman–Crippen MR) is 101 cm³/mol. The zero-order valence-electron chi connectivity index (χ0n) is 12.7. The van der Waals surface area contributed by atoms with Crippen molar-refractivity contribution in [1.29, 1.82) is 0 Å². The number of hydrogen-bond donors (Lipinski definition) is 0. The largest absolute Gasteiger partial charge is 0.341 e. The summed E-state index contributed by atoms with van der Waals surface area (Å²) in [6.07, 6.45) is 5.87. The SMILES string of the molecule is Cc1sc2ccn(Cc3ccc(-c4cccnc4)cc3)c2c1Br. The molecule has 1 aromatic carbocycles. The lowest BCUT2D eigenvalue weighted by Gasteiger charge is -2.07. The first-order chi connectivity index (χ1) is 11.2. The van der Waals surface area contributed by atoms with Crippen LogP contribution in [0.15, 0.2) is 65.5 Å². The molecule has 0 saturated carbocycles. The molecule has 0 atom stereocenters. The van der Waals surface area contributed by atoms with Gasteiger partial charge in [0.2, 0.25) is 0 Å². The summed E-state index contributed by atoms with van der Waals surface area (Å²) in [7, 11) is 0. The molecule has 0 aliphatic carbocycles. The monoisotopic (exact) mass is 382 g/mol. The summed E-state index contributed by atoms with van der Waals surface area (Å²) in [6.45, 7) is 3.04. The highest BCUT2D eigenvalue weighted by atomic mass is 79.9. The van der Waals surface area contributed by atoms with Crippen LogP contribution in [0.1, 0.15) is 10.4 Å². The number of nitrogens with zero attached hydrogens (tertiary/aromatic N) is 2. The number of aromatic nitrogens is 2. The fourth-order valence-electron chi connectivity index (χ4n) is 2.81. The summed E-state index contributed by atoms with van der Waals surface area (Å²) in [5.41, 5.74) is 4.94. The van der Waals surface area contributed by atoms with E-state index >= 15 is 0 Å². The Morgan fingerprint density at radius 2 is 1.91 bits per heavy atom. The van der Waals surface area contributed by atoms with E-state index in [1.165, 1.54) is 30.7 Å². The van der Waals surface area contributed by atoms with Gasteiger partial charge in [-0.25, -0.2) is 0 Å². The molecular formula is C19H15BrN2S. The van der Waals surface area contributed by atoms with Crippen molar-refractivity contribution in [3.63, 3.8) is 0 Å². The highest BCUT2D eigenvalue weighted by Gasteiger charge is 2.11. The Bertz CT molecular complexity index is 952. The summed E-state index contributed by atoms with van der Waals surface area (Å²) >= 11 is 5.55. The Labute approximate surface area is 147 Å². The van der Waals surface area contributed by atoms with Crippen LogP contribution in [0.4, 0.5) is 0 Å². The van der Waals surface area contributed by atoms with Crippen molar-refractivity contribution in [2.45, 2.75) is 13.5 Å². The van der Waals surface area contributed by atoms with E-state index in [2.05, 4.69) is 75.0 Å². The van der Waals surface area contributed by atoms with Gasteiger partial charge in [-0.2, -0.15) is 0 Å². The second-order valence-electron chi connectivity index (χ2n) is 5.57. The minimum absolute atomic E-state index is 0.881. The van der Waals surface area contributed by atoms with Crippen molar-refractivity contribution in [2.75, 3.05) is 0 Å². The Balaban J connectivity index is 1.64. The normalized spacial score (nSPS) is 11.2. The molecular weight excluding hydrogens is 368 g/mol. The van der Waals surface area contributed by atoms with Crippen LogP contribution in [0.25, 0.3) is 21.3 Å². The Hall–Kier alpha value is -1.91. The van der Waals surface area contributed by atoms with Crippen molar-refractivity contribution in [3.8, 4) is 11.1 Å². The lowest BCUT2D eigenvalue weighted by atomic mass is 10.1. The molecule has 0 aliphatic heterocycles. The van der Waals surface area contributed by atoms with Gasteiger partial charge in [0.25, 0.3) is 0 Å². The molecule has 0 unspecified atom stereocenters. The van der Waals surface area contributed by atoms with Crippen molar-refractivity contribution in [3.05, 3.63) is 76.0 Å². The maximum Gasteiger partial charge on any atom is 0.0740 e. The van der Waals surface area contributed by atoms with Crippen LogP contribution in [-0.4, -0.2) is 9.55 Å². The minimum atomic E-state index is 0.881. The number of pyridine rings is 1. The van der Waals surface area contributed by atoms with E-state index < -0.39 is 0 Å². The molecule has 0 radical (unpaired) electrons. The van der Waals surface area contributed by atoms with Gasteiger partial charge in [-0.15, -0.1) is 11.3 Å². The molecule has 114 valence electrons. The molecule has 3 aromatic heterocycles. The maximum absolute atomic E-state index is 4.18. The van der Waals surface area contributed by atoms with E-state index in [9.17, 15) is 0 Å². The number of fused-ring (bicyclic) bond motifs is 1.